The second-order valence-corrected chi connectivity index (χ2v) is 4.26. The Morgan fingerprint density at radius 3 is 2.74 bits per heavy atom. The van der Waals surface area contributed by atoms with Crippen molar-refractivity contribution in [3.8, 4) is 23.8 Å². The van der Waals surface area contributed by atoms with Crippen molar-refractivity contribution in [2.24, 2.45) is 0 Å². The fourth-order valence-electron chi connectivity index (χ4n) is 2.08. The summed E-state index contributed by atoms with van der Waals surface area (Å²) in [4.78, 5) is 0. The van der Waals surface area contributed by atoms with Crippen molar-refractivity contribution in [2.45, 2.75) is 6.61 Å². The topological polar surface area (TPSA) is 38.7 Å². The van der Waals surface area contributed by atoms with Crippen LogP contribution in [0.4, 0.5) is 0 Å². The Hall–Kier alpha value is -2.22. The van der Waals surface area contributed by atoms with E-state index in [-0.39, 0.29) is 0 Å². The van der Waals surface area contributed by atoms with Crippen molar-refractivity contribution >= 4 is 12.6 Å². The number of fused-ring (bicyclic) bond motifs is 1. The van der Waals surface area contributed by atoms with Gasteiger partial charge in [-0.3, -0.25) is 0 Å². The van der Waals surface area contributed by atoms with Crippen LogP contribution in [0.3, 0.4) is 0 Å². The van der Waals surface area contributed by atoms with Crippen LogP contribution in [0.2, 0.25) is 0 Å². The minimum atomic E-state index is -0.920. The maximum Gasteiger partial charge on any atom is 0.495 e. The van der Waals surface area contributed by atoms with Gasteiger partial charge in [-0.1, -0.05) is 18.1 Å². The molecule has 0 aliphatic carbocycles. The molecule has 1 N–H and O–H groups in total. The van der Waals surface area contributed by atoms with Gasteiger partial charge < -0.3 is 14.4 Å². The van der Waals surface area contributed by atoms with Gasteiger partial charge >= 0.3 is 7.12 Å². The zero-order chi connectivity index (χ0) is 13.2. The number of hydrogen-bond acceptors (Lipinski definition) is 3. The average molecular weight is 250 g/mol. The standard InChI is InChI=1S/C15H11BO3/c1-2-11-6-8-13(9-7-11)19-14-5-3-4-12-10-18-16(17)15(12)14/h1,3-9,17H,10H2. The lowest BCUT2D eigenvalue weighted by molar-refractivity contribution is 0.275. The van der Waals surface area contributed by atoms with Crippen LogP contribution in [0.15, 0.2) is 42.5 Å². The molecule has 0 bridgehead atoms. The van der Waals surface area contributed by atoms with Gasteiger partial charge in [0.25, 0.3) is 0 Å². The summed E-state index contributed by atoms with van der Waals surface area (Å²) >= 11 is 0. The number of terminal acetylenes is 1. The predicted octanol–water partition coefficient (Wildman–Crippen LogP) is 1.68. The highest BCUT2D eigenvalue weighted by Gasteiger charge is 2.31. The van der Waals surface area contributed by atoms with Crippen LogP contribution >= 0.6 is 0 Å². The lowest BCUT2D eigenvalue weighted by atomic mass is 9.79. The van der Waals surface area contributed by atoms with E-state index in [4.69, 9.17) is 15.8 Å². The summed E-state index contributed by atoms with van der Waals surface area (Å²) in [7, 11) is -0.920. The van der Waals surface area contributed by atoms with E-state index in [1.807, 2.05) is 30.3 Å². The normalized spacial score (nSPS) is 12.9. The van der Waals surface area contributed by atoms with Crippen LogP contribution in [0.5, 0.6) is 11.5 Å². The number of ether oxygens (including phenoxy) is 1. The molecule has 3 rings (SSSR count). The Labute approximate surface area is 111 Å². The van der Waals surface area contributed by atoms with Gasteiger partial charge in [-0.25, -0.2) is 0 Å². The summed E-state index contributed by atoms with van der Waals surface area (Å²) in [5, 5.41) is 9.79. The molecule has 0 spiro atoms. The summed E-state index contributed by atoms with van der Waals surface area (Å²) in [5.74, 6) is 3.83. The lowest BCUT2D eigenvalue weighted by Gasteiger charge is -2.10. The molecule has 1 aliphatic rings. The van der Waals surface area contributed by atoms with Crippen molar-refractivity contribution in [2.75, 3.05) is 0 Å². The summed E-state index contributed by atoms with van der Waals surface area (Å²) in [6.07, 6.45) is 5.30. The number of benzene rings is 2. The van der Waals surface area contributed by atoms with Crippen molar-refractivity contribution in [1.29, 1.82) is 0 Å². The van der Waals surface area contributed by atoms with Crippen LogP contribution in [0, 0.1) is 12.3 Å². The summed E-state index contributed by atoms with van der Waals surface area (Å²) in [6.45, 7) is 0.406. The maximum absolute atomic E-state index is 9.79. The highest BCUT2D eigenvalue weighted by molar-refractivity contribution is 6.62. The van der Waals surface area contributed by atoms with Gasteiger partial charge in [0, 0.05) is 11.0 Å². The zero-order valence-electron chi connectivity index (χ0n) is 10.2. The highest BCUT2D eigenvalue weighted by atomic mass is 16.5. The predicted molar refractivity (Wildman–Crippen MR) is 73.3 cm³/mol. The van der Waals surface area contributed by atoms with E-state index >= 15 is 0 Å². The Kier molecular flexibility index (Phi) is 3.00. The second-order valence-electron chi connectivity index (χ2n) is 4.26. The molecule has 2 aromatic rings. The SMILES string of the molecule is C#Cc1ccc(Oc2cccc3c2B(O)OC3)cc1. The Morgan fingerprint density at radius 1 is 1.21 bits per heavy atom. The van der Waals surface area contributed by atoms with E-state index in [1.165, 1.54) is 0 Å². The largest absolute Gasteiger partial charge is 0.495 e. The average Bonchev–Trinajstić information content (AvgIpc) is 2.83. The Balaban J connectivity index is 1.92. The molecule has 0 atom stereocenters. The molecule has 0 aromatic heterocycles. The molecule has 2 aromatic carbocycles. The molecule has 1 heterocycles. The Morgan fingerprint density at radius 2 is 2.00 bits per heavy atom. The number of hydrogen-bond donors (Lipinski definition) is 1. The molecule has 0 unspecified atom stereocenters. The highest BCUT2D eigenvalue weighted by Crippen LogP contribution is 2.24. The third-order valence-corrected chi connectivity index (χ3v) is 3.05. The molecule has 0 saturated carbocycles. The first-order chi connectivity index (χ1) is 9.28. The summed E-state index contributed by atoms with van der Waals surface area (Å²) in [5.41, 5.74) is 2.45. The summed E-state index contributed by atoms with van der Waals surface area (Å²) in [6, 6.07) is 12.8. The maximum atomic E-state index is 9.79. The summed E-state index contributed by atoms with van der Waals surface area (Å²) < 4.78 is 11.0. The molecule has 3 nitrogen and oxygen atoms in total. The van der Waals surface area contributed by atoms with Crippen molar-refractivity contribution in [3.63, 3.8) is 0 Å². The fourth-order valence-corrected chi connectivity index (χ4v) is 2.08. The Bertz CT molecular complexity index is 643. The molecule has 0 fully saturated rings. The molecular weight excluding hydrogens is 239 g/mol. The minimum Gasteiger partial charge on any atom is -0.458 e. The van der Waals surface area contributed by atoms with Gasteiger partial charge in [0.15, 0.2) is 0 Å². The first-order valence-electron chi connectivity index (χ1n) is 5.94. The van der Waals surface area contributed by atoms with Gasteiger partial charge in [-0.15, -0.1) is 6.42 Å². The molecule has 19 heavy (non-hydrogen) atoms. The monoisotopic (exact) mass is 250 g/mol. The van der Waals surface area contributed by atoms with E-state index in [0.717, 1.165) is 11.1 Å². The zero-order valence-corrected chi connectivity index (χ0v) is 10.2. The van der Waals surface area contributed by atoms with Gasteiger partial charge in [0.05, 0.1) is 6.61 Å². The van der Waals surface area contributed by atoms with Crippen LogP contribution in [0.25, 0.3) is 0 Å². The van der Waals surface area contributed by atoms with E-state index in [9.17, 15) is 5.02 Å². The lowest BCUT2D eigenvalue weighted by Crippen LogP contribution is -2.29. The fraction of sp³-hybridized carbons (Fsp3) is 0.0667. The van der Waals surface area contributed by atoms with Gasteiger partial charge in [0.2, 0.25) is 0 Å². The third-order valence-electron chi connectivity index (χ3n) is 3.05. The first-order valence-corrected chi connectivity index (χ1v) is 5.94. The van der Waals surface area contributed by atoms with Crippen LogP contribution < -0.4 is 10.2 Å². The van der Waals surface area contributed by atoms with E-state index in [2.05, 4.69) is 5.92 Å². The van der Waals surface area contributed by atoms with Crippen LogP contribution in [-0.2, 0) is 11.3 Å². The van der Waals surface area contributed by atoms with E-state index in [1.54, 1.807) is 12.1 Å². The van der Waals surface area contributed by atoms with Gasteiger partial charge in [-0.2, -0.15) is 0 Å². The van der Waals surface area contributed by atoms with Gasteiger partial charge in [0.1, 0.15) is 11.5 Å². The molecule has 0 saturated heterocycles. The second kappa shape index (κ2) is 4.81. The first kappa shape index (κ1) is 11.9. The molecule has 0 amide bonds. The van der Waals surface area contributed by atoms with Crippen molar-refractivity contribution in [3.05, 3.63) is 53.6 Å². The molecule has 92 valence electrons. The van der Waals surface area contributed by atoms with Crippen molar-refractivity contribution < 1.29 is 14.4 Å². The minimum absolute atomic E-state index is 0.406. The van der Waals surface area contributed by atoms with Crippen LogP contribution in [0.1, 0.15) is 11.1 Å². The van der Waals surface area contributed by atoms with Crippen molar-refractivity contribution in [1.82, 2.24) is 0 Å². The van der Waals surface area contributed by atoms with E-state index < -0.39 is 7.12 Å². The number of rotatable bonds is 2. The quantitative estimate of drug-likeness (QED) is 0.651. The van der Waals surface area contributed by atoms with Gasteiger partial charge in [-0.05, 0) is 35.9 Å². The smallest absolute Gasteiger partial charge is 0.458 e. The van der Waals surface area contributed by atoms with Crippen LogP contribution in [-0.4, -0.2) is 12.1 Å². The third kappa shape index (κ3) is 2.22. The molecular formula is C15H11BO3. The van der Waals surface area contributed by atoms with E-state index in [0.29, 0.717) is 23.6 Å². The molecule has 4 heteroatoms. The molecule has 0 radical (unpaired) electrons. The molecule has 1 aliphatic heterocycles.